The van der Waals surface area contributed by atoms with Crippen molar-refractivity contribution >= 4 is 32.5 Å². The molecule has 1 aliphatic heterocycles. The SMILES string of the molecule is Cc1c(O)c(CN2CCCCC2C)cc2c(=O)c(-c3nc4ccccc4s3)coc12. The van der Waals surface area contributed by atoms with E-state index in [2.05, 4.69) is 16.8 Å². The Morgan fingerprint density at radius 3 is 2.93 bits per heavy atom. The van der Waals surface area contributed by atoms with Gasteiger partial charge in [0.1, 0.15) is 22.6 Å². The molecular weight excluding hydrogens is 396 g/mol. The fourth-order valence-corrected chi connectivity index (χ4v) is 5.33. The molecule has 154 valence electrons. The molecule has 5 rings (SSSR count). The fourth-order valence-electron chi connectivity index (χ4n) is 4.36. The van der Waals surface area contributed by atoms with Crippen molar-refractivity contribution in [1.82, 2.24) is 9.88 Å². The maximum atomic E-state index is 13.4. The second-order valence-electron chi connectivity index (χ2n) is 8.17. The van der Waals surface area contributed by atoms with Crippen LogP contribution in [0.1, 0.15) is 37.3 Å². The van der Waals surface area contributed by atoms with E-state index >= 15 is 0 Å². The minimum Gasteiger partial charge on any atom is -0.507 e. The number of benzene rings is 2. The van der Waals surface area contributed by atoms with Crippen molar-refractivity contribution < 1.29 is 9.52 Å². The summed E-state index contributed by atoms with van der Waals surface area (Å²) >= 11 is 1.48. The fraction of sp³-hybridized carbons (Fsp3) is 0.333. The summed E-state index contributed by atoms with van der Waals surface area (Å²) in [6.07, 6.45) is 5.05. The Balaban J connectivity index is 1.63. The van der Waals surface area contributed by atoms with Gasteiger partial charge in [-0.15, -0.1) is 11.3 Å². The molecule has 1 aliphatic rings. The average Bonchev–Trinajstić information content (AvgIpc) is 3.18. The summed E-state index contributed by atoms with van der Waals surface area (Å²) in [5, 5.41) is 11.9. The first kappa shape index (κ1) is 19.3. The van der Waals surface area contributed by atoms with Gasteiger partial charge in [-0.1, -0.05) is 18.6 Å². The average molecular weight is 421 g/mol. The van der Waals surface area contributed by atoms with E-state index in [1.54, 1.807) is 6.92 Å². The van der Waals surface area contributed by atoms with Gasteiger partial charge >= 0.3 is 0 Å². The lowest BCUT2D eigenvalue weighted by Crippen LogP contribution is -2.36. The van der Waals surface area contributed by atoms with Gasteiger partial charge in [0.05, 0.1) is 21.2 Å². The van der Waals surface area contributed by atoms with E-state index in [1.165, 1.54) is 30.4 Å². The largest absolute Gasteiger partial charge is 0.507 e. The van der Waals surface area contributed by atoms with Gasteiger partial charge in [-0.2, -0.15) is 0 Å². The zero-order chi connectivity index (χ0) is 20.8. The van der Waals surface area contributed by atoms with Gasteiger partial charge in [0.25, 0.3) is 0 Å². The summed E-state index contributed by atoms with van der Waals surface area (Å²) in [5.74, 6) is 0.219. The Kier molecular flexibility index (Phi) is 4.83. The maximum absolute atomic E-state index is 13.4. The monoisotopic (exact) mass is 420 g/mol. The number of likely N-dealkylation sites (tertiary alicyclic amines) is 1. The number of phenols is 1. The molecule has 0 radical (unpaired) electrons. The maximum Gasteiger partial charge on any atom is 0.202 e. The highest BCUT2D eigenvalue weighted by Crippen LogP contribution is 2.34. The van der Waals surface area contributed by atoms with Crippen molar-refractivity contribution in [3.63, 3.8) is 0 Å². The van der Waals surface area contributed by atoms with E-state index in [0.29, 0.717) is 39.7 Å². The van der Waals surface area contributed by atoms with Gasteiger partial charge in [-0.25, -0.2) is 4.98 Å². The molecule has 30 heavy (non-hydrogen) atoms. The molecule has 2 aromatic carbocycles. The van der Waals surface area contributed by atoms with Crippen LogP contribution in [0.15, 0.2) is 45.8 Å². The molecule has 1 fully saturated rings. The van der Waals surface area contributed by atoms with Crippen molar-refractivity contribution in [1.29, 1.82) is 0 Å². The topological polar surface area (TPSA) is 66.6 Å². The van der Waals surface area contributed by atoms with E-state index in [4.69, 9.17) is 4.42 Å². The predicted octanol–water partition coefficient (Wildman–Crippen LogP) is 5.46. The van der Waals surface area contributed by atoms with E-state index < -0.39 is 0 Å². The Morgan fingerprint density at radius 1 is 1.30 bits per heavy atom. The van der Waals surface area contributed by atoms with E-state index in [9.17, 15) is 9.90 Å². The van der Waals surface area contributed by atoms with Gasteiger partial charge < -0.3 is 9.52 Å². The summed E-state index contributed by atoms with van der Waals surface area (Å²) in [4.78, 5) is 20.4. The van der Waals surface area contributed by atoms with Crippen LogP contribution in [0, 0.1) is 6.92 Å². The number of aryl methyl sites for hydroxylation is 1. The Morgan fingerprint density at radius 2 is 2.13 bits per heavy atom. The summed E-state index contributed by atoms with van der Waals surface area (Å²) in [7, 11) is 0. The van der Waals surface area contributed by atoms with Gasteiger partial charge in [0.15, 0.2) is 0 Å². The number of nitrogens with zero attached hydrogens (tertiary/aromatic N) is 2. The van der Waals surface area contributed by atoms with E-state index in [1.807, 2.05) is 30.3 Å². The van der Waals surface area contributed by atoms with Crippen molar-refractivity contribution in [2.45, 2.75) is 45.7 Å². The lowest BCUT2D eigenvalue weighted by Gasteiger charge is -2.33. The lowest BCUT2D eigenvalue weighted by atomic mass is 10.00. The van der Waals surface area contributed by atoms with Crippen molar-refractivity contribution in [3.05, 3.63) is 57.9 Å². The summed E-state index contributed by atoms with van der Waals surface area (Å²) in [6.45, 7) is 5.68. The molecule has 3 heterocycles. The third kappa shape index (κ3) is 3.20. The van der Waals surface area contributed by atoms with E-state index in [0.717, 1.165) is 28.7 Å². The summed E-state index contributed by atoms with van der Waals surface area (Å²) in [6, 6.07) is 10.1. The third-order valence-electron chi connectivity index (χ3n) is 6.19. The third-order valence-corrected chi connectivity index (χ3v) is 7.26. The van der Waals surface area contributed by atoms with Crippen LogP contribution in [0.5, 0.6) is 5.75 Å². The van der Waals surface area contributed by atoms with Crippen LogP contribution in [0.25, 0.3) is 31.8 Å². The van der Waals surface area contributed by atoms with Crippen LogP contribution in [0.2, 0.25) is 0 Å². The van der Waals surface area contributed by atoms with E-state index in [-0.39, 0.29) is 11.2 Å². The molecular formula is C24H24N2O3S. The van der Waals surface area contributed by atoms with Crippen molar-refractivity contribution in [3.8, 4) is 16.3 Å². The number of phenolic OH excluding ortho intramolecular Hbond substituents is 1. The van der Waals surface area contributed by atoms with Crippen LogP contribution in [0.3, 0.4) is 0 Å². The van der Waals surface area contributed by atoms with Crippen LogP contribution >= 0.6 is 11.3 Å². The number of aromatic hydroxyl groups is 1. The first-order valence-electron chi connectivity index (χ1n) is 10.4. The molecule has 1 atom stereocenters. The Hall–Kier alpha value is -2.70. The molecule has 2 aromatic heterocycles. The van der Waals surface area contributed by atoms with Gasteiger partial charge in [0.2, 0.25) is 5.43 Å². The molecule has 1 unspecified atom stereocenters. The number of para-hydroxylation sites is 1. The standard InChI is InChI=1S/C24H24N2O3S/c1-14-7-5-6-10-26(14)12-16-11-17-22(28)18(13-29-23(17)15(2)21(16)27)24-25-19-8-3-4-9-20(19)30-24/h3-4,8-9,11,13-14,27H,5-7,10,12H2,1-2H3. The zero-order valence-electron chi connectivity index (χ0n) is 17.1. The number of aromatic nitrogens is 1. The van der Waals surface area contributed by atoms with Gasteiger partial charge in [0, 0.05) is 23.7 Å². The number of hydrogen-bond acceptors (Lipinski definition) is 6. The highest BCUT2D eigenvalue weighted by atomic mass is 32.1. The second kappa shape index (κ2) is 7.52. The molecule has 6 heteroatoms. The number of hydrogen-bond donors (Lipinski definition) is 1. The van der Waals surface area contributed by atoms with Crippen molar-refractivity contribution in [2.75, 3.05) is 6.54 Å². The Bertz CT molecular complexity index is 1270. The highest BCUT2D eigenvalue weighted by Gasteiger charge is 2.22. The minimum atomic E-state index is -0.105. The van der Waals surface area contributed by atoms with Crippen LogP contribution < -0.4 is 5.43 Å². The summed E-state index contributed by atoms with van der Waals surface area (Å²) < 4.78 is 6.88. The number of fused-ring (bicyclic) bond motifs is 2. The van der Waals surface area contributed by atoms with Crippen molar-refractivity contribution in [2.24, 2.45) is 0 Å². The Labute approximate surface area is 178 Å². The highest BCUT2D eigenvalue weighted by molar-refractivity contribution is 7.21. The van der Waals surface area contributed by atoms with Crippen LogP contribution in [-0.4, -0.2) is 27.6 Å². The first-order valence-corrected chi connectivity index (χ1v) is 11.2. The smallest absolute Gasteiger partial charge is 0.202 e. The molecule has 0 spiro atoms. The molecule has 1 saturated heterocycles. The van der Waals surface area contributed by atoms with Crippen LogP contribution in [-0.2, 0) is 6.54 Å². The number of rotatable bonds is 3. The molecule has 0 saturated carbocycles. The van der Waals surface area contributed by atoms with Gasteiger partial charge in [-0.05, 0) is 51.4 Å². The number of thiazole rings is 1. The summed E-state index contributed by atoms with van der Waals surface area (Å²) in [5.41, 5.74) is 3.07. The molecule has 5 nitrogen and oxygen atoms in total. The van der Waals surface area contributed by atoms with Crippen LogP contribution in [0.4, 0.5) is 0 Å². The molecule has 1 N–H and O–H groups in total. The molecule has 0 aliphatic carbocycles. The first-order chi connectivity index (χ1) is 14.5. The quantitative estimate of drug-likeness (QED) is 0.477. The minimum absolute atomic E-state index is 0.105. The number of piperidine rings is 1. The molecule has 0 amide bonds. The normalized spacial score (nSPS) is 17.7. The lowest BCUT2D eigenvalue weighted by molar-refractivity contribution is 0.151. The molecule has 4 aromatic rings. The zero-order valence-corrected chi connectivity index (χ0v) is 18.0. The second-order valence-corrected chi connectivity index (χ2v) is 9.20. The predicted molar refractivity (Wildman–Crippen MR) is 121 cm³/mol. The van der Waals surface area contributed by atoms with Gasteiger partial charge in [-0.3, -0.25) is 9.69 Å². The molecule has 0 bridgehead atoms.